The number of esters is 1. The Balaban J connectivity index is 1.72. The van der Waals surface area contributed by atoms with E-state index in [1.54, 1.807) is 0 Å². The van der Waals surface area contributed by atoms with Crippen LogP contribution in [-0.4, -0.2) is 37.8 Å². The van der Waals surface area contributed by atoms with Crippen LogP contribution in [0.5, 0.6) is 0 Å². The molecule has 0 spiro atoms. The zero-order chi connectivity index (χ0) is 14.4. The average molecular weight is 278 g/mol. The molecule has 0 radical (unpaired) electrons. The van der Waals surface area contributed by atoms with Gasteiger partial charge in [-0.2, -0.15) is 0 Å². The number of carbonyl (C=O) groups is 2. The van der Waals surface area contributed by atoms with E-state index in [1.807, 2.05) is 30.3 Å². The summed E-state index contributed by atoms with van der Waals surface area (Å²) in [7, 11) is 1.35. The molecule has 2 N–H and O–H groups in total. The van der Waals surface area contributed by atoms with E-state index in [2.05, 4.69) is 15.4 Å². The number of hydrogen-bond acceptors (Lipinski definition) is 5. The zero-order valence-corrected chi connectivity index (χ0v) is 11.3. The lowest BCUT2D eigenvalue weighted by molar-refractivity contribution is -0.142. The van der Waals surface area contributed by atoms with E-state index >= 15 is 0 Å². The molecule has 6 nitrogen and oxygen atoms in total. The number of carbonyl (C=O) groups excluding carboxylic acids is 2. The Morgan fingerprint density at radius 1 is 1.35 bits per heavy atom. The number of rotatable bonds is 4. The van der Waals surface area contributed by atoms with E-state index in [0.717, 1.165) is 5.56 Å². The first kappa shape index (κ1) is 14.3. The Kier molecular flexibility index (Phi) is 4.95. The lowest BCUT2D eigenvalue weighted by Gasteiger charge is -2.12. The molecule has 0 bridgehead atoms. The summed E-state index contributed by atoms with van der Waals surface area (Å²) in [6.45, 7) is 0.757. The second-order valence-electron chi connectivity index (χ2n) is 4.62. The molecular weight excluding hydrogens is 260 g/mol. The SMILES string of the molecule is COC(=O)[C@@H]1C[C@@H](NC(=O)OCc2ccccc2)CN1. The first-order chi connectivity index (χ1) is 9.69. The molecule has 1 aromatic rings. The van der Waals surface area contributed by atoms with Gasteiger partial charge in [-0.15, -0.1) is 0 Å². The van der Waals surface area contributed by atoms with Gasteiger partial charge < -0.3 is 20.1 Å². The van der Waals surface area contributed by atoms with Gasteiger partial charge in [0.05, 0.1) is 7.11 Å². The molecule has 0 saturated carbocycles. The first-order valence-corrected chi connectivity index (χ1v) is 6.47. The van der Waals surface area contributed by atoms with Crippen molar-refractivity contribution in [3.63, 3.8) is 0 Å². The lowest BCUT2D eigenvalue weighted by atomic mass is 10.2. The van der Waals surface area contributed by atoms with Gasteiger partial charge in [0, 0.05) is 12.6 Å². The smallest absolute Gasteiger partial charge is 0.407 e. The topological polar surface area (TPSA) is 76.7 Å². The summed E-state index contributed by atoms with van der Waals surface area (Å²) in [5.74, 6) is -0.313. The Labute approximate surface area is 117 Å². The second-order valence-corrected chi connectivity index (χ2v) is 4.62. The van der Waals surface area contributed by atoms with Crippen LogP contribution in [0.1, 0.15) is 12.0 Å². The quantitative estimate of drug-likeness (QED) is 0.797. The van der Waals surface area contributed by atoms with Crippen LogP contribution in [0.2, 0.25) is 0 Å². The van der Waals surface area contributed by atoms with Crippen molar-refractivity contribution in [2.45, 2.75) is 25.1 Å². The standard InChI is InChI=1S/C14H18N2O4/c1-19-13(17)12-7-11(8-15-12)16-14(18)20-9-10-5-3-2-4-6-10/h2-6,11-12,15H,7-9H2,1H3,(H,16,18)/t11-,12+/m1/s1. The van der Waals surface area contributed by atoms with Gasteiger partial charge >= 0.3 is 12.1 Å². The second kappa shape index (κ2) is 6.91. The predicted octanol–water partition coefficient (Wildman–Crippen LogP) is 0.816. The highest BCUT2D eigenvalue weighted by molar-refractivity contribution is 5.76. The molecule has 1 amide bonds. The van der Waals surface area contributed by atoms with Crippen molar-refractivity contribution in [3.8, 4) is 0 Å². The van der Waals surface area contributed by atoms with E-state index in [4.69, 9.17) is 4.74 Å². The number of amides is 1. The van der Waals surface area contributed by atoms with Gasteiger partial charge in [-0.1, -0.05) is 30.3 Å². The van der Waals surface area contributed by atoms with Crippen LogP contribution in [0.25, 0.3) is 0 Å². The monoisotopic (exact) mass is 278 g/mol. The van der Waals surface area contributed by atoms with Gasteiger partial charge in [-0.3, -0.25) is 4.79 Å². The summed E-state index contributed by atoms with van der Waals surface area (Å²) in [5, 5.41) is 5.72. The minimum absolute atomic E-state index is 0.123. The summed E-state index contributed by atoms with van der Waals surface area (Å²) < 4.78 is 9.77. The molecule has 0 aromatic heterocycles. The Morgan fingerprint density at radius 2 is 2.10 bits per heavy atom. The third kappa shape index (κ3) is 3.96. The predicted molar refractivity (Wildman–Crippen MR) is 72.0 cm³/mol. The van der Waals surface area contributed by atoms with Crippen LogP contribution >= 0.6 is 0 Å². The molecule has 1 aliphatic heterocycles. The number of nitrogens with one attached hydrogen (secondary N) is 2. The van der Waals surface area contributed by atoms with Gasteiger partial charge in [0.2, 0.25) is 0 Å². The normalized spacial score (nSPS) is 21.2. The molecule has 0 unspecified atom stereocenters. The summed E-state index contributed by atoms with van der Waals surface area (Å²) in [6, 6.07) is 8.97. The highest BCUT2D eigenvalue weighted by atomic mass is 16.5. The Bertz CT molecular complexity index is 464. The fourth-order valence-corrected chi connectivity index (χ4v) is 2.10. The highest BCUT2D eigenvalue weighted by Gasteiger charge is 2.31. The van der Waals surface area contributed by atoms with Crippen LogP contribution in [0.3, 0.4) is 0 Å². The van der Waals surface area contributed by atoms with Crippen molar-refractivity contribution in [1.29, 1.82) is 0 Å². The van der Waals surface area contributed by atoms with Crippen molar-refractivity contribution in [3.05, 3.63) is 35.9 Å². The molecule has 1 aliphatic rings. The molecule has 1 aromatic carbocycles. The Hall–Kier alpha value is -2.08. The van der Waals surface area contributed by atoms with Gasteiger partial charge in [0.1, 0.15) is 12.6 Å². The first-order valence-electron chi connectivity index (χ1n) is 6.47. The highest BCUT2D eigenvalue weighted by Crippen LogP contribution is 2.08. The largest absolute Gasteiger partial charge is 0.468 e. The van der Waals surface area contributed by atoms with Crippen molar-refractivity contribution in [2.24, 2.45) is 0 Å². The fraction of sp³-hybridized carbons (Fsp3) is 0.429. The van der Waals surface area contributed by atoms with Crippen LogP contribution in [-0.2, 0) is 20.9 Å². The molecule has 2 atom stereocenters. The number of benzene rings is 1. The van der Waals surface area contributed by atoms with Crippen LogP contribution < -0.4 is 10.6 Å². The number of methoxy groups -OCH3 is 1. The molecule has 6 heteroatoms. The number of hydrogen-bond donors (Lipinski definition) is 2. The number of alkyl carbamates (subject to hydrolysis) is 1. The van der Waals surface area contributed by atoms with Crippen molar-refractivity contribution < 1.29 is 19.1 Å². The summed E-state index contributed by atoms with van der Waals surface area (Å²) in [6.07, 6.45) is 0.0267. The van der Waals surface area contributed by atoms with E-state index < -0.39 is 6.09 Å². The summed E-state index contributed by atoms with van der Waals surface area (Å²) in [5.41, 5.74) is 0.930. The van der Waals surface area contributed by atoms with Gasteiger partial charge in [-0.25, -0.2) is 4.79 Å². The van der Waals surface area contributed by atoms with E-state index in [0.29, 0.717) is 13.0 Å². The summed E-state index contributed by atoms with van der Waals surface area (Å²) in [4.78, 5) is 23.0. The van der Waals surface area contributed by atoms with Crippen molar-refractivity contribution >= 4 is 12.1 Å². The van der Waals surface area contributed by atoms with Gasteiger partial charge in [0.25, 0.3) is 0 Å². The third-order valence-electron chi connectivity index (χ3n) is 3.15. The van der Waals surface area contributed by atoms with Crippen LogP contribution in [0.4, 0.5) is 4.79 Å². The molecule has 108 valence electrons. The van der Waals surface area contributed by atoms with E-state index in [9.17, 15) is 9.59 Å². The minimum atomic E-state index is -0.480. The van der Waals surface area contributed by atoms with Crippen LogP contribution in [0.15, 0.2) is 30.3 Å². The molecule has 1 saturated heterocycles. The van der Waals surface area contributed by atoms with Crippen LogP contribution in [0, 0.1) is 0 Å². The van der Waals surface area contributed by atoms with Gasteiger partial charge in [0.15, 0.2) is 0 Å². The molecular formula is C14H18N2O4. The maximum atomic E-state index is 11.6. The third-order valence-corrected chi connectivity index (χ3v) is 3.15. The molecule has 0 aliphatic carbocycles. The molecule has 1 fully saturated rings. The van der Waals surface area contributed by atoms with Crippen molar-refractivity contribution in [1.82, 2.24) is 10.6 Å². The minimum Gasteiger partial charge on any atom is -0.468 e. The maximum absolute atomic E-state index is 11.6. The number of ether oxygens (including phenoxy) is 2. The van der Waals surface area contributed by atoms with E-state index in [-0.39, 0.29) is 24.7 Å². The zero-order valence-electron chi connectivity index (χ0n) is 11.3. The maximum Gasteiger partial charge on any atom is 0.407 e. The van der Waals surface area contributed by atoms with Crippen molar-refractivity contribution in [2.75, 3.05) is 13.7 Å². The molecule has 1 heterocycles. The van der Waals surface area contributed by atoms with Gasteiger partial charge in [-0.05, 0) is 12.0 Å². The van der Waals surface area contributed by atoms with E-state index in [1.165, 1.54) is 7.11 Å². The fourth-order valence-electron chi connectivity index (χ4n) is 2.10. The lowest BCUT2D eigenvalue weighted by Crippen LogP contribution is -2.36. The molecule has 20 heavy (non-hydrogen) atoms. The summed E-state index contributed by atoms with van der Waals surface area (Å²) >= 11 is 0. The average Bonchev–Trinajstić information content (AvgIpc) is 2.94. The molecule has 2 rings (SSSR count). The Morgan fingerprint density at radius 3 is 2.80 bits per heavy atom.